The highest BCUT2D eigenvalue weighted by Gasteiger charge is 2.48. The summed E-state index contributed by atoms with van der Waals surface area (Å²) in [4.78, 5) is 45.3. The van der Waals surface area contributed by atoms with Crippen LogP contribution in [0.25, 0.3) is 0 Å². The third-order valence-corrected chi connectivity index (χ3v) is 9.09. The first-order chi connectivity index (χ1) is 19.2. The maximum Gasteiger partial charge on any atom is 0.253 e. The van der Waals surface area contributed by atoms with Crippen LogP contribution in [0.15, 0.2) is 48.5 Å². The second-order valence-corrected chi connectivity index (χ2v) is 11.8. The summed E-state index contributed by atoms with van der Waals surface area (Å²) in [5.41, 5.74) is 0.924. The van der Waals surface area contributed by atoms with Gasteiger partial charge in [0.2, 0.25) is 11.8 Å². The van der Waals surface area contributed by atoms with E-state index in [1.165, 1.54) is 0 Å². The van der Waals surface area contributed by atoms with Gasteiger partial charge in [-0.1, -0.05) is 47.5 Å². The van der Waals surface area contributed by atoms with Gasteiger partial charge >= 0.3 is 0 Å². The molecule has 1 atom stereocenters. The van der Waals surface area contributed by atoms with Gasteiger partial charge in [-0.3, -0.25) is 14.4 Å². The highest BCUT2D eigenvalue weighted by molar-refractivity contribution is 6.42. The molecule has 1 N–H and O–H groups in total. The average Bonchev–Trinajstić information content (AvgIpc) is 2.97. The molecule has 40 heavy (non-hydrogen) atoms. The van der Waals surface area contributed by atoms with E-state index in [-0.39, 0.29) is 23.6 Å². The third kappa shape index (κ3) is 6.99. The summed E-state index contributed by atoms with van der Waals surface area (Å²) in [5.74, 6) is 0.0871. The van der Waals surface area contributed by atoms with Crippen LogP contribution in [0, 0.1) is 0 Å². The fraction of sp³-hybridized carbons (Fsp3) is 0.516. The van der Waals surface area contributed by atoms with E-state index in [2.05, 4.69) is 10.2 Å². The molecule has 1 unspecified atom stereocenters. The number of hydrogen-bond acceptors (Lipinski definition) is 4. The predicted octanol–water partition coefficient (Wildman–Crippen LogP) is 5.22. The minimum atomic E-state index is -0.768. The Morgan fingerprint density at radius 2 is 1.75 bits per heavy atom. The first kappa shape index (κ1) is 30.4. The van der Waals surface area contributed by atoms with E-state index in [4.69, 9.17) is 23.2 Å². The molecule has 0 radical (unpaired) electrons. The average molecular weight is 588 g/mol. The zero-order valence-electron chi connectivity index (χ0n) is 23.5. The summed E-state index contributed by atoms with van der Waals surface area (Å²) in [7, 11) is 1.83. The van der Waals surface area contributed by atoms with E-state index >= 15 is 0 Å². The van der Waals surface area contributed by atoms with E-state index < -0.39 is 5.54 Å². The van der Waals surface area contributed by atoms with Crippen LogP contribution in [-0.2, 0) is 9.59 Å². The van der Waals surface area contributed by atoms with Gasteiger partial charge in [-0.2, -0.15) is 0 Å². The lowest BCUT2D eigenvalue weighted by molar-refractivity contribution is -0.153. The topological polar surface area (TPSA) is 73.0 Å². The van der Waals surface area contributed by atoms with Crippen LogP contribution in [-0.4, -0.2) is 84.3 Å². The van der Waals surface area contributed by atoms with Crippen LogP contribution in [0.1, 0.15) is 67.3 Å². The zero-order valence-corrected chi connectivity index (χ0v) is 25.0. The highest BCUT2D eigenvalue weighted by atomic mass is 35.5. The Hall–Kier alpha value is -2.61. The first-order valence-electron chi connectivity index (χ1n) is 14.3. The Morgan fingerprint density at radius 3 is 2.40 bits per heavy atom. The molecule has 2 aliphatic rings. The number of amides is 3. The Kier molecular flexibility index (Phi) is 10.5. The standard InChI is InChI=1S/C31H40Cl2N4O3/c1-3-34-30(40)31(37-17-8-7-11-28(37)38)15-19-36(20-16-31)18-14-25(24-12-13-26(32)27(33)21-24)22-35(2)29(39)23-9-5-4-6-10-23/h4-6,9-10,12-13,21,25H,3,7-8,11,14-20,22H2,1-2H3,(H,34,40). The predicted molar refractivity (Wildman–Crippen MR) is 160 cm³/mol. The number of piperidine rings is 2. The smallest absolute Gasteiger partial charge is 0.253 e. The van der Waals surface area contributed by atoms with Gasteiger partial charge in [0.1, 0.15) is 5.54 Å². The lowest BCUT2D eigenvalue weighted by Crippen LogP contribution is -2.65. The first-order valence-corrected chi connectivity index (χ1v) is 15.1. The summed E-state index contributed by atoms with van der Waals surface area (Å²) in [6.45, 7) is 5.91. The summed E-state index contributed by atoms with van der Waals surface area (Å²) < 4.78 is 0. The van der Waals surface area contributed by atoms with Crippen LogP contribution in [0.5, 0.6) is 0 Å². The molecular formula is C31H40Cl2N4O3. The summed E-state index contributed by atoms with van der Waals surface area (Å²) in [5, 5.41) is 4.00. The van der Waals surface area contributed by atoms with Crippen molar-refractivity contribution in [3.05, 3.63) is 69.7 Å². The molecule has 0 bridgehead atoms. The van der Waals surface area contributed by atoms with E-state index in [1.807, 2.05) is 67.4 Å². The monoisotopic (exact) mass is 586 g/mol. The molecule has 2 saturated heterocycles. The molecule has 2 fully saturated rings. The van der Waals surface area contributed by atoms with Crippen molar-refractivity contribution in [2.75, 3.05) is 46.3 Å². The molecule has 2 aromatic carbocycles. The van der Waals surface area contributed by atoms with Crippen LogP contribution < -0.4 is 5.32 Å². The van der Waals surface area contributed by atoms with Gasteiger partial charge < -0.3 is 20.0 Å². The van der Waals surface area contributed by atoms with Crippen molar-refractivity contribution in [2.45, 2.75) is 56.9 Å². The van der Waals surface area contributed by atoms with Crippen LogP contribution in [0.3, 0.4) is 0 Å². The van der Waals surface area contributed by atoms with Gasteiger partial charge in [-0.05, 0) is 75.4 Å². The fourth-order valence-electron chi connectivity index (χ4n) is 6.03. The molecule has 0 aromatic heterocycles. The van der Waals surface area contributed by atoms with Crippen molar-refractivity contribution in [1.29, 1.82) is 0 Å². The van der Waals surface area contributed by atoms with Crippen LogP contribution in [0.4, 0.5) is 0 Å². The molecule has 7 nitrogen and oxygen atoms in total. The molecule has 9 heteroatoms. The summed E-state index contributed by atoms with van der Waals surface area (Å²) in [6, 6.07) is 15.0. The number of benzene rings is 2. The molecule has 0 saturated carbocycles. The number of nitrogens with one attached hydrogen (secondary N) is 1. The largest absolute Gasteiger partial charge is 0.354 e. The van der Waals surface area contributed by atoms with Gasteiger partial charge in [0.15, 0.2) is 0 Å². The Labute approximate surface area is 247 Å². The number of likely N-dealkylation sites (N-methyl/N-ethyl adjacent to an activating group) is 2. The van der Waals surface area contributed by atoms with Crippen molar-refractivity contribution in [3.63, 3.8) is 0 Å². The quantitative estimate of drug-likeness (QED) is 0.414. The van der Waals surface area contributed by atoms with E-state index in [0.717, 1.165) is 44.5 Å². The summed E-state index contributed by atoms with van der Waals surface area (Å²) >= 11 is 12.6. The molecule has 0 spiro atoms. The molecule has 4 rings (SSSR count). The number of nitrogens with zero attached hydrogens (tertiary/aromatic N) is 3. The second kappa shape index (κ2) is 13.8. The molecule has 2 aromatic rings. The van der Waals surface area contributed by atoms with Gasteiger partial charge in [0.05, 0.1) is 10.0 Å². The van der Waals surface area contributed by atoms with Crippen molar-refractivity contribution >= 4 is 40.9 Å². The number of rotatable bonds is 10. The third-order valence-electron chi connectivity index (χ3n) is 8.35. The Bertz CT molecular complexity index is 1180. The molecular weight excluding hydrogens is 547 g/mol. The van der Waals surface area contributed by atoms with Crippen molar-refractivity contribution < 1.29 is 14.4 Å². The molecule has 2 heterocycles. The zero-order chi connectivity index (χ0) is 28.7. The number of carbonyl (C=O) groups excluding carboxylic acids is 3. The van der Waals surface area contributed by atoms with Crippen molar-refractivity contribution in [3.8, 4) is 0 Å². The van der Waals surface area contributed by atoms with Crippen LogP contribution in [0.2, 0.25) is 10.0 Å². The number of hydrogen-bond donors (Lipinski definition) is 1. The van der Waals surface area contributed by atoms with E-state index in [0.29, 0.717) is 54.5 Å². The van der Waals surface area contributed by atoms with Gasteiger partial charge in [0.25, 0.3) is 5.91 Å². The minimum Gasteiger partial charge on any atom is -0.354 e. The molecule has 216 valence electrons. The van der Waals surface area contributed by atoms with E-state index in [9.17, 15) is 14.4 Å². The number of carbonyl (C=O) groups is 3. The van der Waals surface area contributed by atoms with Gasteiger partial charge in [-0.15, -0.1) is 0 Å². The highest BCUT2D eigenvalue weighted by Crippen LogP contribution is 2.34. The van der Waals surface area contributed by atoms with Gasteiger partial charge in [0, 0.05) is 57.7 Å². The van der Waals surface area contributed by atoms with Crippen LogP contribution >= 0.6 is 23.2 Å². The minimum absolute atomic E-state index is 0.0263. The normalized spacial score (nSPS) is 18.3. The number of halogens is 2. The Balaban J connectivity index is 1.45. The van der Waals surface area contributed by atoms with Crippen molar-refractivity contribution in [2.24, 2.45) is 0 Å². The van der Waals surface area contributed by atoms with E-state index in [1.54, 1.807) is 4.90 Å². The Morgan fingerprint density at radius 1 is 1.02 bits per heavy atom. The summed E-state index contributed by atoms with van der Waals surface area (Å²) in [6.07, 6.45) is 4.40. The maximum atomic E-state index is 13.3. The van der Waals surface area contributed by atoms with Gasteiger partial charge in [-0.25, -0.2) is 0 Å². The fourth-order valence-corrected chi connectivity index (χ4v) is 6.34. The molecule has 2 aliphatic heterocycles. The number of likely N-dealkylation sites (tertiary alicyclic amines) is 2. The SMILES string of the molecule is CCNC(=O)C1(N2CCCCC2=O)CCN(CCC(CN(C)C(=O)c2ccccc2)c2ccc(Cl)c(Cl)c2)CC1. The van der Waals surface area contributed by atoms with Crippen molar-refractivity contribution in [1.82, 2.24) is 20.0 Å². The molecule has 3 amide bonds. The lowest BCUT2D eigenvalue weighted by Gasteiger charge is -2.49. The second-order valence-electron chi connectivity index (χ2n) is 10.9. The lowest BCUT2D eigenvalue weighted by atomic mass is 9.82. The molecule has 0 aliphatic carbocycles. The maximum absolute atomic E-state index is 13.3.